The first-order valence-corrected chi connectivity index (χ1v) is 8.62. The number of carboxylic acids is 1. The van der Waals surface area contributed by atoms with Gasteiger partial charge in [-0.2, -0.15) is 5.10 Å². The van der Waals surface area contributed by atoms with Crippen molar-refractivity contribution in [2.45, 2.75) is 13.5 Å². The number of benzene rings is 2. The topological polar surface area (TPSA) is 113 Å². The number of carboxylic acid groups (broad SMARTS) is 1. The molecule has 0 radical (unpaired) electrons. The van der Waals surface area contributed by atoms with Gasteiger partial charge in [0.15, 0.2) is 0 Å². The van der Waals surface area contributed by atoms with E-state index in [4.69, 9.17) is 5.11 Å². The molecule has 0 saturated heterocycles. The highest BCUT2D eigenvalue weighted by molar-refractivity contribution is 5.87. The number of fused-ring (bicyclic) bond motifs is 1. The number of hydrogen-bond acceptors (Lipinski definition) is 5. The van der Waals surface area contributed by atoms with Crippen LogP contribution in [0.15, 0.2) is 59.7 Å². The van der Waals surface area contributed by atoms with Gasteiger partial charge in [0, 0.05) is 18.4 Å². The third-order valence-corrected chi connectivity index (χ3v) is 4.48. The number of aromatic carboxylic acids is 1. The molecule has 2 heterocycles. The summed E-state index contributed by atoms with van der Waals surface area (Å²) in [6.45, 7) is 2.70. The number of aromatic nitrogens is 4. The second kappa shape index (κ2) is 6.99. The highest BCUT2D eigenvalue weighted by Gasteiger charge is 2.11. The average Bonchev–Trinajstić information content (AvgIpc) is 3.18. The molecular formula is C20H17N5O3. The first kappa shape index (κ1) is 17.5. The first-order chi connectivity index (χ1) is 13.5. The van der Waals surface area contributed by atoms with Gasteiger partial charge in [-0.3, -0.25) is 9.78 Å². The molecule has 0 aliphatic heterocycles. The van der Waals surface area contributed by atoms with E-state index in [0.29, 0.717) is 17.4 Å². The van der Waals surface area contributed by atoms with Crippen molar-refractivity contribution >= 4 is 22.6 Å². The molecule has 0 amide bonds. The minimum absolute atomic E-state index is 0.0125. The summed E-state index contributed by atoms with van der Waals surface area (Å²) in [7, 11) is 0. The van der Waals surface area contributed by atoms with E-state index in [1.54, 1.807) is 12.1 Å². The lowest BCUT2D eigenvalue weighted by molar-refractivity contribution is 0.0697. The lowest BCUT2D eigenvalue weighted by Gasteiger charge is -2.10. The van der Waals surface area contributed by atoms with E-state index >= 15 is 0 Å². The van der Waals surface area contributed by atoms with Crippen LogP contribution in [-0.4, -0.2) is 30.8 Å². The Balaban J connectivity index is 1.63. The highest BCUT2D eigenvalue weighted by atomic mass is 16.4. The van der Waals surface area contributed by atoms with Crippen molar-refractivity contribution in [3.8, 4) is 5.95 Å². The predicted octanol–water partition coefficient (Wildman–Crippen LogP) is 2.73. The summed E-state index contributed by atoms with van der Waals surface area (Å²) in [6.07, 6.45) is 2.50. The monoisotopic (exact) mass is 375 g/mol. The summed E-state index contributed by atoms with van der Waals surface area (Å²) >= 11 is 0. The molecule has 0 fully saturated rings. The van der Waals surface area contributed by atoms with Crippen LogP contribution in [0.2, 0.25) is 0 Å². The van der Waals surface area contributed by atoms with Gasteiger partial charge in [-0.05, 0) is 36.2 Å². The second-order valence-corrected chi connectivity index (χ2v) is 6.38. The summed E-state index contributed by atoms with van der Waals surface area (Å²) in [5, 5.41) is 16.7. The summed E-state index contributed by atoms with van der Waals surface area (Å²) < 4.78 is 1.23. The molecule has 0 aliphatic rings. The Morgan fingerprint density at radius 1 is 1.25 bits per heavy atom. The summed E-state index contributed by atoms with van der Waals surface area (Å²) in [5.41, 5.74) is 3.36. The van der Waals surface area contributed by atoms with Crippen molar-refractivity contribution in [2.75, 3.05) is 5.32 Å². The molecule has 8 heteroatoms. The van der Waals surface area contributed by atoms with Gasteiger partial charge >= 0.3 is 5.97 Å². The van der Waals surface area contributed by atoms with Gasteiger partial charge in [0.1, 0.15) is 0 Å². The van der Waals surface area contributed by atoms with Gasteiger partial charge in [-0.15, -0.1) is 0 Å². The molecule has 4 rings (SSSR count). The molecular weight excluding hydrogens is 358 g/mol. The van der Waals surface area contributed by atoms with Gasteiger partial charge in [0.2, 0.25) is 5.95 Å². The molecule has 0 unspecified atom stereocenters. The maximum absolute atomic E-state index is 12.5. The van der Waals surface area contributed by atoms with E-state index in [0.717, 1.165) is 5.69 Å². The molecule has 2 aromatic heterocycles. The lowest BCUT2D eigenvalue weighted by Crippen LogP contribution is -2.14. The van der Waals surface area contributed by atoms with Crippen LogP contribution in [0, 0.1) is 6.92 Å². The van der Waals surface area contributed by atoms with Crippen molar-refractivity contribution in [2.24, 2.45) is 0 Å². The summed E-state index contributed by atoms with van der Waals surface area (Å²) in [5.74, 6) is -0.940. The highest BCUT2D eigenvalue weighted by Crippen LogP contribution is 2.17. The molecule has 28 heavy (non-hydrogen) atoms. The van der Waals surface area contributed by atoms with Crippen LogP contribution >= 0.6 is 0 Å². The average molecular weight is 375 g/mol. The van der Waals surface area contributed by atoms with Gasteiger partial charge < -0.3 is 10.4 Å². The minimum Gasteiger partial charge on any atom is -0.478 e. The smallest absolute Gasteiger partial charge is 0.338 e. The van der Waals surface area contributed by atoms with Crippen LogP contribution in [0.5, 0.6) is 0 Å². The fraction of sp³-hybridized carbons (Fsp3) is 0.100. The Kier molecular flexibility index (Phi) is 4.36. The van der Waals surface area contributed by atoms with Crippen LogP contribution in [-0.2, 0) is 6.54 Å². The van der Waals surface area contributed by atoms with Gasteiger partial charge in [-0.1, -0.05) is 24.3 Å². The third-order valence-electron chi connectivity index (χ3n) is 4.48. The largest absolute Gasteiger partial charge is 0.478 e. The van der Waals surface area contributed by atoms with Crippen LogP contribution in [0.3, 0.4) is 0 Å². The van der Waals surface area contributed by atoms with Crippen LogP contribution in [0.1, 0.15) is 21.5 Å². The van der Waals surface area contributed by atoms with E-state index in [2.05, 4.69) is 39.4 Å². The fourth-order valence-electron chi connectivity index (χ4n) is 2.90. The Bertz CT molecular complexity index is 1240. The predicted molar refractivity (Wildman–Crippen MR) is 105 cm³/mol. The number of nitrogens with zero attached hydrogens (tertiary/aromatic N) is 3. The molecule has 140 valence electrons. The van der Waals surface area contributed by atoms with Crippen molar-refractivity contribution in [1.82, 2.24) is 19.7 Å². The molecule has 0 aliphatic carbocycles. The number of rotatable bonds is 5. The quantitative estimate of drug-likeness (QED) is 0.494. The van der Waals surface area contributed by atoms with Gasteiger partial charge in [0.05, 0.1) is 22.7 Å². The molecule has 0 atom stereocenters. The zero-order valence-corrected chi connectivity index (χ0v) is 15.0. The maximum Gasteiger partial charge on any atom is 0.338 e. The molecule has 0 spiro atoms. The first-order valence-electron chi connectivity index (χ1n) is 8.62. The molecule has 0 bridgehead atoms. The number of aromatic amines is 1. The van der Waals surface area contributed by atoms with E-state index in [-0.39, 0.29) is 17.1 Å². The standard InChI is InChI=1S/C20H17N5O3/c1-12-4-2-3-5-13(12)9-21-15-6-7-17-16(8-15)18(26)24-20(23-17)25-11-14(10-22-25)19(27)28/h2-8,10-11,21H,9H2,1H3,(H,27,28)(H,23,24,26). The van der Waals surface area contributed by atoms with E-state index in [1.807, 2.05) is 18.2 Å². The zero-order valence-electron chi connectivity index (χ0n) is 15.0. The summed E-state index contributed by atoms with van der Waals surface area (Å²) in [6, 6.07) is 13.4. The second-order valence-electron chi connectivity index (χ2n) is 6.38. The van der Waals surface area contributed by atoms with Crippen molar-refractivity contribution in [3.05, 3.63) is 81.9 Å². The Labute approximate surface area is 159 Å². The fourth-order valence-corrected chi connectivity index (χ4v) is 2.90. The van der Waals surface area contributed by atoms with Crippen LogP contribution in [0.25, 0.3) is 16.9 Å². The maximum atomic E-state index is 12.5. The molecule has 8 nitrogen and oxygen atoms in total. The van der Waals surface area contributed by atoms with Crippen molar-refractivity contribution < 1.29 is 9.90 Å². The Hall–Kier alpha value is -3.94. The van der Waals surface area contributed by atoms with Crippen molar-refractivity contribution in [1.29, 1.82) is 0 Å². The zero-order chi connectivity index (χ0) is 19.7. The lowest BCUT2D eigenvalue weighted by atomic mass is 10.1. The number of hydrogen-bond donors (Lipinski definition) is 3. The Morgan fingerprint density at radius 2 is 2.07 bits per heavy atom. The van der Waals surface area contributed by atoms with E-state index in [1.165, 1.54) is 28.2 Å². The summed E-state index contributed by atoms with van der Waals surface area (Å²) in [4.78, 5) is 30.5. The van der Waals surface area contributed by atoms with E-state index in [9.17, 15) is 9.59 Å². The third kappa shape index (κ3) is 3.35. The van der Waals surface area contributed by atoms with Crippen molar-refractivity contribution in [3.63, 3.8) is 0 Å². The SMILES string of the molecule is Cc1ccccc1CNc1ccc2nc(-n3cc(C(=O)O)cn3)[nH]c(=O)c2c1. The van der Waals surface area contributed by atoms with Gasteiger partial charge in [-0.25, -0.2) is 14.5 Å². The normalized spacial score (nSPS) is 10.9. The van der Waals surface area contributed by atoms with E-state index < -0.39 is 5.97 Å². The molecule has 3 N–H and O–H groups in total. The number of aryl methyl sites for hydroxylation is 1. The molecule has 0 saturated carbocycles. The van der Waals surface area contributed by atoms with Gasteiger partial charge in [0.25, 0.3) is 5.56 Å². The minimum atomic E-state index is -1.10. The number of anilines is 1. The van der Waals surface area contributed by atoms with Crippen LogP contribution in [0.4, 0.5) is 5.69 Å². The number of carbonyl (C=O) groups is 1. The number of nitrogens with one attached hydrogen (secondary N) is 2. The van der Waals surface area contributed by atoms with Crippen LogP contribution < -0.4 is 10.9 Å². The Morgan fingerprint density at radius 3 is 2.82 bits per heavy atom. The molecule has 4 aromatic rings. The molecule has 2 aromatic carbocycles. The number of H-pyrrole nitrogens is 1.